The largest absolute Gasteiger partial charge is 0.311 e. The van der Waals surface area contributed by atoms with Gasteiger partial charge in [-0.1, -0.05) is 36.2 Å². The van der Waals surface area contributed by atoms with E-state index in [4.69, 9.17) is 11.6 Å². The van der Waals surface area contributed by atoms with Crippen LogP contribution in [0, 0.1) is 5.82 Å². The number of halogens is 2. The molecule has 6 nitrogen and oxygen atoms in total. The molecule has 2 aromatic carbocycles. The van der Waals surface area contributed by atoms with Crippen LogP contribution in [0.25, 0.3) is 11.4 Å². The minimum absolute atomic E-state index is 0.251. The van der Waals surface area contributed by atoms with Gasteiger partial charge in [0, 0.05) is 18.5 Å². The standard InChI is InChI=1S/C19H18ClFN4O2S/c20-14-8-6-10-16(18(14)21)28(26,27)24-15-9-4-3-7-13(15)19-23-22-17-11-2-1-5-12-25(17)19/h3-4,6-10,24H,1-2,5,11-12H2. The Morgan fingerprint density at radius 1 is 1.04 bits per heavy atom. The Hall–Kier alpha value is -2.45. The number of hydrogen-bond donors (Lipinski definition) is 1. The van der Waals surface area contributed by atoms with Gasteiger partial charge in [-0.2, -0.15) is 0 Å². The fourth-order valence-corrected chi connectivity index (χ4v) is 4.75. The van der Waals surface area contributed by atoms with Crippen molar-refractivity contribution in [3.63, 3.8) is 0 Å². The van der Waals surface area contributed by atoms with Crippen molar-refractivity contribution in [1.82, 2.24) is 14.8 Å². The summed E-state index contributed by atoms with van der Waals surface area (Å²) in [4.78, 5) is -0.505. The molecule has 1 aliphatic rings. The van der Waals surface area contributed by atoms with Crippen molar-refractivity contribution >= 4 is 27.3 Å². The molecule has 1 aliphatic heterocycles. The molecule has 2 heterocycles. The molecule has 0 amide bonds. The summed E-state index contributed by atoms with van der Waals surface area (Å²) < 4.78 is 44.3. The highest BCUT2D eigenvalue weighted by molar-refractivity contribution is 7.92. The Kier molecular flexibility index (Phi) is 5.07. The number of fused-ring (bicyclic) bond motifs is 1. The minimum atomic E-state index is -4.18. The highest BCUT2D eigenvalue weighted by atomic mass is 35.5. The predicted molar refractivity (Wildman–Crippen MR) is 105 cm³/mol. The van der Waals surface area contributed by atoms with Crippen LogP contribution in [0.2, 0.25) is 5.02 Å². The number of nitrogens with one attached hydrogen (secondary N) is 1. The molecule has 0 atom stereocenters. The second kappa shape index (κ2) is 7.52. The van der Waals surface area contributed by atoms with Crippen LogP contribution in [0.5, 0.6) is 0 Å². The minimum Gasteiger partial charge on any atom is -0.311 e. The Bertz CT molecular complexity index is 1130. The average molecular weight is 421 g/mol. The van der Waals surface area contributed by atoms with Gasteiger partial charge in [0.05, 0.1) is 10.7 Å². The molecule has 1 N–H and O–H groups in total. The maximum absolute atomic E-state index is 14.3. The smallest absolute Gasteiger partial charge is 0.264 e. The molecule has 0 aliphatic carbocycles. The Balaban J connectivity index is 1.76. The lowest BCUT2D eigenvalue weighted by Gasteiger charge is -2.14. The summed E-state index contributed by atoms with van der Waals surface area (Å²) in [5.41, 5.74) is 0.899. The number of anilines is 1. The van der Waals surface area contributed by atoms with E-state index in [0.717, 1.165) is 38.1 Å². The number of hydrogen-bond acceptors (Lipinski definition) is 4. The van der Waals surface area contributed by atoms with Crippen LogP contribution in [0.3, 0.4) is 0 Å². The SMILES string of the molecule is O=S(=O)(Nc1ccccc1-c1nnc2n1CCCCC2)c1cccc(Cl)c1F. The molecule has 3 aromatic rings. The fraction of sp³-hybridized carbons (Fsp3) is 0.263. The van der Waals surface area contributed by atoms with E-state index in [-0.39, 0.29) is 5.02 Å². The molecule has 0 unspecified atom stereocenters. The van der Waals surface area contributed by atoms with Crippen molar-refractivity contribution < 1.29 is 12.8 Å². The normalized spacial score (nSPS) is 14.4. The molecule has 146 valence electrons. The van der Waals surface area contributed by atoms with E-state index in [9.17, 15) is 12.8 Å². The van der Waals surface area contributed by atoms with Crippen LogP contribution in [0.1, 0.15) is 25.1 Å². The van der Waals surface area contributed by atoms with Crippen LogP contribution in [0.4, 0.5) is 10.1 Å². The molecular weight excluding hydrogens is 403 g/mol. The van der Waals surface area contributed by atoms with Gasteiger partial charge in [-0.3, -0.25) is 4.72 Å². The molecule has 0 fully saturated rings. The fourth-order valence-electron chi connectivity index (χ4n) is 3.34. The van der Waals surface area contributed by atoms with Crippen molar-refractivity contribution in [2.45, 2.75) is 37.1 Å². The van der Waals surface area contributed by atoms with Crippen LogP contribution >= 0.6 is 11.6 Å². The molecular formula is C19H18ClFN4O2S. The van der Waals surface area contributed by atoms with E-state index in [1.54, 1.807) is 24.3 Å². The molecule has 0 saturated carbocycles. The summed E-state index contributed by atoms with van der Waals surface area (Å²) in [5, 5.41) is 8.31. The summed E-state index contributed by atoms with van der Waals surface area (Å²) in [6.07, 6.45) is 4.03. The zero-order valence-electron chi connectivity index (χ0n) is 14.9. The molecule has 1 aromatic heterocycles. The van der Waals surface area contributed by atoms with Gasteiger partial charge in [0.25, 0.3) is 10.0 Å². The number of aromatic nitrogens is 3. The van der Waals surface area contributed by atoms with Crippen LogP contribution in [-0.4, -0.2) is 23.2 Å². The molecule has 28 heavy (non-hydrogen) atoms. The quantitative estimate of drug-likeness (QED) is 0.684. The topological polar surface area (TPSA) is 76.9 Å². The van der Waals surface area contributed by atoms with Gasteiger partial charge in [-0.15, -0.1) is 10.2 Å². The average Bonchev–Trinajstić information content (AvgIpc) is 2.92. The third-order valence-electron chi connectivity index (χ3n) is 4.73. The zero-order chi connectivity index (χ0) is 19.7. The van der Waals surface area contributed by atoms with Crippen LogP contribution < -0.4 is 4.72 Å². The van der Waals surface area contributed by atoms with Crippen molar-refractivity contribution in [1.29, 1.82) is 0 Å². The Labute approximate surface area is 167 Å². The predicted octanol–water partition coefficient (Wildman–Crippen LogP) is 4.26. The van der Waals surface area contributed by atoms with E-state index in [2.05, 4.69) is 14.9 Å². The first-order chi connectivity index (χ1) is 13.5. The second-order valence-electron chi connectivity index (χ2n) is 6.61. The number of aryl methyl sites for hydroxylation is 1. The van der Waals surface area contributed by atoms with Gasteiger partial charge in [-0.05, 0) is 37.1 Å². The number of para-hydroxylation sites is 1. The second-order valence-corrected chi connectivity index (χ2v) is 8.66. The van der Waals surface area contributed by atoms with Gasteiger partial charge in [0.15, 0.2) is 11.6 Å². The van der Waals surface area contributed by atoms with E-state index >= 15 is 0 Å². The van der Waals surface area contributed by atoms with E-state index < -0.39 is 20.7 Å². The van der Waals surface area contributed by atoms with Gasteiger partial charge in [0.1, 0.15) is 10.7 Å². The molecule has 0 saturated heterocycles. The maximum Gasteiger partial charge on any atom is 0.264 e. The molecule has 0 spiro atoms. The number of sulfonamides is 1. The summed E-state index contributed by atoms with van der Waals surface area (Å²) >= 11 is 5.74. The molecule has 0 bridgehead atoms. The third kappa shape index (κ3) is 3.49. The highest BCUT2D eigenvalue weighted by Gasteiger charge is 2.24. The first-order valence-corrected chi connectivity index (χ1v) is 10.8. The van der Waals surface area contributed by atoms with Crippen molar-refractivity contribution in [3.8, 4) is 11.4 Å². The monoisotopic (exact) mass is 420 g/mol. The van der Waals surface area contributed by atoms with E-state index in [1.807, 2.05) is 4.57 Å². The number of benzene rings is 2. The zero-order valence-corrected chi connectivity index (χ0v) is 16.5. The van der Waals surface area contributed by atoms with Crippen molar-refractivity contribution in [2.24, 2.45) is 0 Å². The van der Waals surface area contributed by atoms with Gasteiger partial charge >= 0.3 is 0 Å². The number of rotatable bonds is 4. The maximum atomic E-state index is 14.3. The van der Waals surface area contributed by atoms with Gasteiger partial charge in [-0.25, -0.2) is 12.8 Å². The lowest BCUT2D eigenvalue weighted by atomic mass is 10.1. The highest BCUT2D eigenvalue weighted by Crippen LogP contribution is 2.31. The summed E-state index contributed by atoms with van der Waals surface area (Å²) in [7, 11) is -4.18. The van der Waals surface area contributed by atoms with Gasteiger partial charge in [0.2, 0.25) is 0 Å². The Morgan fingerprint density at radius 3 is 2.71 bits per heavy atom. The first-order valence-electron chi connectivity index (χ1n) is 8.96. The third-order valence-corrected chi connectivity index (χ3v) is 6.40. The summed E-state index contributed by atoms with van der Waals surface area (Å²) in [6.45, 7) is 0.779. The van der Waals surface area contributed by atoms with E-state index in [0.29, 0.717) is 17.1 Å². The van der Waals surface area contributed by atoms with Crippen LogP contribution in [0.15, 0.2) is 47.4 Å². The number of nitrogens with zero attached hydrogens (tertiary/aromatic N) is 3. The molecule has 0 radical (unpaired) electrons. The Morgan fingerprint density at radius 2 is 1.86 bits per heavy atom. The van der Waals surface area contributed by atoms with Crippen molar-refractivity contribution in [3.05, 3.63) is 59.1 Å². The van der Waals surface area contributed by atoms with Crippen molar-refractivity contribution in [2.75, 3.05) is 4.72 Å². The summed E-state index contributed by atoms with van der Waals surface area (Å²) in [5.74, 6) is 0.512. The van der Waals surface area contributed by atoms with Crippen LogP contribution in [-0.2, 0) is 23.0 Å². The molecule has 4 rings (SSSR count). The lowest BCUT2D eigenvalue weighted by Crippen LogP contribution is -2.16. The molecule has 9 heteroatoms. The summed E-state index contributed by atoms with van der Waals surface area (Å²) in [6, 6.07) is 10.8. The first kappa shape index (κ1) is 18.9. The van der Waals surface area contributed by atoms with E-state index in [1.165, 1.54) is 18.2 Å². The van der Waals surface area contributed by atoms with Gasteiger partial charge < -0.3 is 4.57 Å². The lowest BCUT2D eigenvalue weighted by molar-refractivity contribution is 0.570.